The zero-order chi connectivity index (χ0) is 0. The topological polar surface area (TPSA) is 0 Å². The van der Waals surface area contributed by atoms with Gasteiger partial charge >= 0.3 is 67.9 Å². The second-order valence-corrected chi connectivity index (χ2v) is 0. The van der Waals surface area contributed by atoms with Crippen LogP contribution >= 0.6 is 0 Å². The van der Waals surface area contributed by atoms with Crippen molar-refractivity contribution in [1.82, 2.24) is 0 Å². The molecule has 0 aromatic heterocycles. The minimum Gasteiger partial charge on any atom is -1.00 e. The summed E-state index contributed by atoms with van der Waals surface area (Å²) in [5.41, 5.74) is 0. The van der Waals surface area contributed by atoms with Gasteiger partial charge in [-0.2, -0.15) is 0 Å². The zero-order valence-corrected chi connectivity index (χ0v) is 8.83. The summed E-state index contributed by atoms with van der Waals surface area (Å²) in [4.78, 5) is 0. The predicted octanol–water partition coefficient (Wildman–Crippen LogP) is -12.0. The van der Waals surface area contributed by atoms with Gasteiger partial charge < -0.3 is 37.2 Å². The first kappa shape index (κ1) is 43.6. The Balaban J connectivity index is 0. The van der Waals surface area contributed by atoms with E-state index < -0.39 is 0 Å². The smallest absolute Gasteiger partial charge is 1.00 e. The molecule has 0 aliphatic heterocycles. The Kier molecular flexibility index (Phi) is 244. The maximum Gasteiger partial charge on any atom is 2.00 e. The van der Waals surface area contributed by atoms with E-state index in [1.54, 1.807) is 0 Å². The van der Waals surface area contributed by atoms with Crippen LogP contribution in [0.25, 0.3) is 0 Å². The van der Waals surface area contributed by atoms with Gasteiger partial charge in [0.2, 0.25) is 0 Å². The standard InChI is InChI=1S/3ClH.K.Ni/h3*1H;;/q;;;+1;+2/p-3. The molecule has 0 nitrogen and oxygen atoms in total. The van der Waals surface area contributed by atoms with E-state index in [-0.39, 0.29) is 105 Å². The summed E-state index contributed by atoms with van der Waals surface area (Å²) in [6, 6.07) is 0. The third kappa shape index (κ3) is 19.4. The summed E-state index contributed by atoms with van der Waals surface area (Å²) < 4.78 is 0. The van der Waals surface area contributed by atoms with E-state index in [0.717, 1.165) is 0 Å². The zero-order valence-electron chi connectivity index (χ0n) is 2.45. The Morgan fingerprint density at radius 2 is 0.600 bits per heavy atom. The van der Waals surface area contributed by atoms with Crippen molar-refractivity contribution in [3.8, 4) is 0 Å². The molecule has 0 fully saturated rings. The number of hydrogen-bond acceptors (Lipinski definition) is 0. The van der Waals surface area contributed by atoms with E-state index in [4.69, 9.17) is 0 Å². The van der Waals surface area contributed by atoms with E-state index in [0.29, 0.717) is 0 Å². The summed E-state index contributed by atoms with van der Waals surface area (Å²) in [5, 5.41) is 0. The molecular formula is Cl3KNi. The first-order valence-electron chi connectivity index (χ1n) is 0. The van der Waals surface area contributed by atoms with Crippen LogP contribution in [-0.4, -0.2) is 0 Å². The first-order valence-corrected chi connectivity index (χ1v) is 0. The van der Waals surface area contributed by atoms with Gasteiger partial charge in [0, 0.05) is 0 Å². The fourth-order valence-corrected chi connectivity index (χ4v) is 0. The van der Waals surface area contributed by atoms with Crippen LogP contribution in [0.3, 0.4) is 0 Å². The van der Waals surface area contributed by atoms with Crippen LogP contribution in [0.4, 0.5) is 0 Å². The van der Waals surface area contributed by atoms with Crippen molar-refractivity contribution in [1.29, 1.82) is 0 Å². The molecule has 0 bridgehead atoms. The van der Waals surface area contributed by atoms with Gasteiger partial charge in [-0.3, -0.25) is 0 Å². The van der Waals surface area contributed by atoms with Gasteiger partial charge in [0.25, 0.3) is 0 Å². The molecule has 0 saturated heterocycles. The normalized spacial score (nSPS) is 0. The SMILES string of the molecule is [Cl-].[Cl-].[Cl-].[K+].[Ni+2]. The van der Waals surface area contributed by atoms with Gasteiger partial charge in [0.15, 0.2) is 0 Å². The van der Waals surface area contributed by atoms with Crippen molar-refractivity contribution in [3.05, 3.63) is 0 Å². The predicted molar refractivity (Wildman–Crippen MR) is 0 cm³/mol. The molecule has 0 radical (unpaired) electrons. The van der Waals surface area contributed by atoms with Crippen molar-refractivity contribution in [2.24, 2.45) is 0 Å². The van der Waals surface area contributed by atoms with Crippen molar-refractivity contribution in [2.45, 2.75) is 0 Å². The molecule has 0 saturated carbocycles. The third-order valence-corrected chi connectivity index (χ3v) is 0. The van der Waals surface area contributed by atoms with Gasteiger partial charge in [-0.25, -0.2) is 0 Å². The van der Waals surface area contributed by atoms with Crippen molar-refractivity contribution in [3.63, 3.8) is 0 Å². The molecule has 0 spiro atoms. The van der Waals surface area contributed by atoms with E-state index in [1.807, 2.05) is 0 Å². The molecule has 0 aliphatic rings. The molecule has 0 unspecified atom stereocenters. The Morgan fingerprint density at radius 1 is 0.600 bits per heavy atom. The van der Waals surface area contributed by atoms with Gasteiger partial charge in [-0.05, 0) is 0 Å². The number of halogens is 3. The van der Waals surface area contributed by atoms with E-state index >= 15 is 0 Å². The molecule has 0 heterocycles. The molecule has 0 aliphatic carbocycles. The van der Waals surface area contributed by atoms with Crippen LogP contribution < -0.4 is 88.6 Å². The summed E-state index contributed by atoms with van der Waals surface area (Å²) >= 11 is 0. The molecule has 0 N–H and O–H groups in total. The average molecular weight is 204 g/mol. The fraction of sp³-hybridized carbons (Fsp3) is 0. The molecule has 0 rings (SSSR count). The second kappa shape index (κ2) is 28.0. The first-order chi connectivity index (χ1) is 0. The maximum absolute atomic E-state index is 0. The molecule has 5 heteroatoms. The Bertz CT molecular complexity index is 6.85. The van der Waals surface area contributed by atoms with Crippen LogP contribution in [0.2, 0.25) is 0 Å². The number of rotatable bonds is 0. The fourth-order valence-electron chi connectivity index (χ4n) is 0. The maximum atomic E-state index is 0. The summed E-state index contributed by atoms with van der Waals surface area (Å²) in [5.74, 6) is 0. The van der Waals surface area contributed by atoms with Gasteiger partial charge in [-0.15, -0.1) is 0 Å². The van der Waals surface area contributed by atoms with Crippen LogP contribution in [-0.2, 0) is 16.5 Å². The summed E-state index contributed by atoms with van der Waals surface area (Å²) in [6.45, 7) is 0. The molecule has 0 aromatic rings. The van der Waals surface area contributed by atoms with E-state index in [9.17, 15) is 0 Å². The van der Waals surface area contributed by atoms with Gasteiger partial charge in [0.1, 0.15) is 0 Å². The molecule has 0 amide bonds. The molecular weight excluding hydrogens is 204 g/mol. The molecule has 5 heavy (non-hydrogen) atoms. The molecule has 0 atom stereocenters. The monoisotopic (exact) mass is 202 g/mol. The second-order valence-electron chi connectivity index (χ2n) is 0. The van der Waals surface area contributed by atoms with Crippen LogP contribution in [0.1, 0.15) is 0 Å². The van der Waals surface area contributed by atoms with Gasteiger partial charge in [0.05, 0.1) is 0 Å². The Morgan fingerprint density at radius 3 is 0.600 bits per heavy atom. The Hall–Kier alpha value is 3.00. The van der Waals surface area contributed by atoms with E-state index in [1.165, 1.54) is 0 Å². The minimum absolute atomic E-state index is 0. The quantitative estimate of drug-likeness (QED) is 0.344. The van der Waals surface area contributed by atoms with Crippen LogP contribution in [0, 0.1) is 0 Å². The van der Waals surface area contributed by atoms with Crippen LogP contribution in [0.5, 0.6) is 0 Å². The molecule has 32 valence electrons. The summed E-state index contributed by atoms with van der Waals surface area (Å²) in [6.07, 6.45) is 0. The van der Waals surface area contributed by atoms with Crippen molar-refractivity contribution < 1.29 is 105 Å². The largest absolute Gasteiger partial charge is 2.00 e. The third-order valence-electron chi connectivity index (χ3n) is 0. The molecule has 0 aromatic carbocycles. The minimum atomic E-state index is 0. The van der Waals surface area contributed by atoms with Crippen LogP contribution in [0.15, 0.2) is 0 Å². The number of hydrogen-bond donors (Lipinski definition) is 0. The average Bonchev–Trinajstić information content (AvgIpc) is 0. The van der Waals surface area contributed by atoms with E-state index in [2.05, 4.69) is 0 Å². The van der Waals surface area contributed by atoms with Gasteiger partial charge in [-0.1, -0.05) is 0 Å². The van der Waals surface area contributed by atoms with Crippen molar-refractivity contribution >= 4 is 0 Å². The Labute approximate surface area is 103 Å². The van der Waals surface area contributed by atoms with Crippen molar-refractivity contribution in [2.75, 3.05) is 0 Å². The summed E-state index contributed by atoms with van der Waals surface area (Å²) in [7, 11) is 0.